The second-order valence-electron chi connectivity index (χ2n) is 4.50. The van der Waals surface area contributed by atoms with E-state index in [1.807, 2.05) is 38.1 Å². The summed E-state index contributed by atoms with van der Waals surface area (Å²) < 4.78 is 5.02. The maximum atomic E-state index is 11.9. The van der Waals surface area contributed by atoms with Crippen LogP contribution in [0.3, 0.4) is 0 Å². The Morgan fingerprint density at radius 3 is 2.47 bits per heavy atom. The molecule has 3 N–H and O–H groups in total. The molecule has 0 atom stereocenters. The number of hydrogen-bond acceptors (Lipinski definition) is 3. The second-order valence-corrected chi connectivity index (χ2v) is 4.50. The highest BCUT2D eigenvalue weighted by Crippen LogP contribution is 2.31. The van der Waals surface area contributed by atoms with E-state index < -0.39 is 0 Å². The highest BCUT2D eigenvalue weighted by Gasteiger charge is 2.20. The number of hydrogen-bond donors (Lipinski definition) is 2. The quantitative estimate of drug-likeness (QED) is 0.831. The minimum Gasteiger partial charge on any atom is -0.462 e. The largest absolute Gasteiger partial charge is 0.462 e. The summed E-state index contributed by atoms with van der Waals surface area (Å²) in [5.41, 5.74) is 10.6. The first-order valence-corrected chi connectivity index (χ1v) is 6.26. The van der Waals surface area contributed by atoms with Gasteiger partial charge >= 0.3 is 5.97 Å². The number of aromatic amines is 1. The van der Waals surface area contributed by atoms with Gasteiger partial charge in [0.2, 0.25) is 0 Å². The molecule has 2 rings (SSSR count). The van der Waals surface area contributed by atoms with Crippen LogP contribution < -0.4 is 5.73 Å². The van der Waals surface area contributed by atoms with Crippen LogP contribution in [0, 0.1) is 13.8 Å². The van der Waals surface area contributed by atoms with Crippen molar-refractivity contribution in [3.05, 3.63) is 41.1 Å². The van der Waals surface area contributed by atoms with Crippen molar-refractivity contribution in [1.29, 1.82) is 0 Å². The van der Waals surface area contributed by atoms with Crippen LogP contribution >= 0.6 is 0 Å². The maximum absolute atomic E-state index is 11.9. The molecule has 1 aromatic heterocycles. The van der Waals surface area contributed by atoms with Gasteiger partial charge in [-0.25, -0.2) is 4.79 Å². The minimum absolute atomic E-state index is 0.336. The van der Waals surface area contributed by atoms with Crippen molar-refractivity contribution >= 4 is 11.7 Å². The first-order chi connectivity index (χ1) is 9.04. The van der Waals surface area contributed by atoms with Crippen LogP contribution in [-0.4, -0.2) is 17.6 Å². The Morgan fingerprint density at radius 1 is 1.26 bits per heavy atom. The first-order valence-electron chi connectivity index (χ1n) is 6.26. The molecule has 0 fully saturated rings. The summed E-state index contributed by atoms with van der Waals surface area (Å²) in [5.74, 6) is -0.382. The zero-order valence-electron chi connectivity index (χ0n) is 11.4. The summed E-state index contributed by atoms with van der Waals surface area (Å²) in [6.45, 7) is 5.96. The first kappa shape index (κ1) is 13.2. The summed E-state index contributed by atoms with van der Waals surface area (Å²) in [6, 6.07) is 7.97. The van der Waals surface area contributed by atoms with Crippen LogP contribution in [0.5, 0.6) is 0 Å². The number of aromatic nitrogens is 1. The fourth-order valence-corrected chi connectivity index (χ4v) is 2.06. The number of aryl methyl sites for hydroxylation is 2. The molecule has 19 heavy (non-hydrogen) atoms. The molecule has 1 aromatic carbocycles. The smallest absolute Gasteiger partial charge is 0.342 e. The van der Waals surface area contributed by atoms with Crippen LogP contribution in [0.1, 0.15) is 28.5 Å². The summed E-state index contributed by atoms with van der Waals surface area (Å²) in [7, 11) is 0. The average molecular weight is 258 g/mol. The number of H-pyrrole nitrogens is 1. The van der Waals surface area contributed by atoms with Gasteiger partial charge in [-0.05, 0) is 20.8 Å². The molecule has 4 heteroatoms. The van der Waals surface area contributed by atoms with Crippen LogP contribution in [0.4, 0.5) is 5.69 Å². The summed E-state index contributed by atoms with van der Waals surface area (Å²) in [5, 5.41) is 0. The highest BCUT2D eigenvalue weighted by molar-refractivity contribution is 6.00. The van der Waals surface area contributed by atoms with E-state index in [-0.39, 0.29) is 5.97 Å². The molecule has 0 saturated carbocycles. The van der Waals surface area contributed by atoms with E-state index in [9.17, 15) is 4.79 Å². The van der Waals surface area contributed by atoms with Gasteiger partial charge in [0.25, 0.3) is 0 Å². The average Bonchev–Trinajstić information content (AvgIpc) is 2.66. The monoisotopic (exact) mass is 258 g/mol. The Hall–Kier alpha value is -2.23. The van der Waals surface area contributed by atoms with Crippen LogP contribution in [-0.2, 0) is 4.74 Å². The lowest BCUT2D eigenvalue weighted by Crippen LogP contribution is -2.07. The maximum Gasteiger partial charge on any atom is 0.342 e. The molecule has 0 spiro atoms. The Labute approximate surface area is 112 Å². The summed E-state index contributed by atoms with van der Waals surface area (Å²) in [6.07, 6.45) is 0. The molecule has 0 aliphatic rings. The summed E-state index contributed by atoms with van der Waals surface area (Å²) >= 11 is 0. The minimum atomic E-state index is -0.382. The molecule has 0 unspecified atom stereocenters. The third kappa shape index (κ3) is 2.47. The fourth-order valence-electron chi connectivity index (χ4n) is 2.06. The molecular formula is C15H18N2O2. The van der Waals surface area contributed by atoms with Gasteiger partial charge in [0, 0.05) is 11.3 Å². The Bertz CT molecular complexity index is 597. The van der Waals surface area contributed by atoms with Crippen molar-refractivity contribution in [3.8, 4) is 11.3 Å². The topological polar surface area (TPSA) is 68.1 Å². The van der Waals surface area contributed by atoms with Crippen molar-refractivity contribution in [1.82, 2.24) is 4.98 Å². The van der Waals surface area contributed by atoms with Gasteiger partial charge in [-0.3, -0.25) is 0 Å². The Morgan fingerprint density at radius 2 is 1.89 bits per heavy atom. The molecule has 0 bridgehead atoms. The van der Waals surface area contributed by atoms with Crippen LogP contribution in [0.2, 0.25) is 0 Å². The van der Waals surface area contributed by atoms with Gasteiger partial charge in [0.15, 0.2) is 0 Å². The number of nitrogens with two attached hydrogens (primary N) is 1. The zero-order valence-corrected chi connectivity index (χ0v) is 11.4. The van der Waals surface area contributed by atoms with E-state index >= 15 is 0 Å². The standard InChI is InChI=1S/C15H18N2O2/c1-4-19-15(18)12-10(3)17-14(13(12)16)11-7-5-9(2)6-8-11/h5-8,17H,4,16H2,1-3H3. The molecule has 0 saturated heterocycles. The molecule has 100 valence electrons. The van der Waals surface area contributed by atoms with E-state index in [1.54, 1.807) is 6.92 Å². The Balaban J connectivity index is 2.46. The van der Waals surface area contributed by atoms with Crippen LogP contribution in [0.15, 0.2) is 24.3 Å². The number of benzene rings is 1. The molecule has 0 radical (unpaired) electrons. The van der Waals surface area contributed by atoms with Gasteiger partial charge in [0.05, 0.1) is 18.0 Å². The number of rotatable bonds is 3. The van der Waals surface area contributed by atoms with Crippen molar-refractivity contribution < 1.29 is 9.53 Å². The van der Waals surface area contributed by atoms with Crippen molar-refractivity contribution in [2.75, 3.05) is 12.3 Å². The van der Waals surface area contributed by atoms with E-state index in [1.165, 1.54) is 5.56 Å². The normalized spacial score (nSPS) is 10.5. The lowest BCUT2D eigenvalue weighted by molar-refractivity contribution is 0.0527. The van der Waals surface area contributed by atoms with Gasteiger partial charge in [0.1, 0.15) is 5.56 Å². The van der Waals surface area contributed by atoms with Gasteiger partial charge < -0.3 is 15.5 Å². The third-order valence-electron chi connectivity index (χ3n) is 3.05. The molecular weight excluding hydrogens is 240 g/mol. The van der Waals surface area contributed by atoms with Crippen molar-refractivity contribution in [2.24, 2.45) is 0 Å². The molecule has 1 heterocycles. The lowest BCUT2D eigenvalue weighted by atomic mass is 10.1. The SMILES string of the molecule is CCOC(=O)c1c(C)[nH]c(-c2ccc(C)cc2)c1N. The van der Waals surface area contributed by atoms with Gasteiger partial charge in [-0.15, -0.1) is 0 Å². The highest BCUT2D eigenvalue weighted by atomic mass is 16.5. The number of esters is 1. The number of nitrogen functional groups attached to an aromatic ring is 1. The number of ether oxygens (including phenoxy) is 1. The molecule has 0 aliphatic carbocycles. The molecule has 2 aromatic rings. The summed E-state index contributed by atoms with van der Waals surface area (Å²) in [4.78, 5) is 15.0. The molecule has 0 amide bonds. The van der Waals surface area contributed by atoms with Crippen molar-refractivity contribution in [2.45, 2.75) is 20.8 Å². The van der Waals surface area contributed by atoms with Crippen LogP contribution in [0.25, 0.3) is 11.3 Å². The predicted octanol–water partition coefficient (Wildman–Crippen LogP) is 3.06. The van der Waals surface area contributed by atoms with Gasteiger partial charge in [-0.2, -0.15) is 0 Å². The second kappa shape index (κ2) is 5.18. The van der Waals surface area contributed by atoms with Gasteiger partial charge in [-0.1, -0.05) is 29.8 Å². The molecule has 0 aliphatic heterocycles. The van der Waals surface area contributed by atoms with E-state index in [2.05, 4.69) is 4.98 Å². The predicted molar refractivity (Wildman–Crippen MR) is 76.1 cm³/mol. The van der Waals surface area contributed by atoms with E-state index in [0.29, 0.717) is 17.9 Å². The van der Waals surface area contributed by atoms with E-state index in [4.69, 9.17) is 10.5 Å². The number of carbonyl (C=O) groups is 1. The van der Waals surface area contributed by atoms with E-state index in [0.717, 1.165) is 17.0 Å². The van der Waals surface area contributed by atoms with Crippen molar-refractivity contribution in [3.63, 3.8) is 0 Å². The number of nitrogens with one attached hydrogen (secondary N) is 1. The number of anilines is 1. The zero-order chi connectivity index (χ0) is 14.0. The number of carbonyl (C=O) groups excluding carboxylic acids is 1. The Kier molecular flexibility index (Phi) is 3.60. The fraction of sp³-hybridized carbons (Fsp3) is 0.267. The molecule has 4 nitrogen and oxygen atoms in total. The lowest BCUT2D eigenvalue weighted by Gasteiger charge is -2.03. The third-order valence-corrected chi connectivity index (χ3v) is 3.05.